The molecule has 0 unspecified atom stereocenters. The predicted molar refractivity (Wildman–Crippen MR) is 86.0 cm³/mol. The summed E-state index contributed by atoms with van der Waals surface area (Å²) in [5, 5.41) is 6.21. The van der Waals surface area contributed by atoms with Crippen LogP contribution in [0.2, 0.25) is 0 Å². The first-order valence-electron chi connectivity index (χ1n) is 7.84. The Bertz CT molecular complexity index is 668. The van der Waals surface area contributed by atoms with Crippen molar-refractivity contribution in [3.8, 4) is 0 Å². The molecule has 1 heterocycles. The normalized spacial score (nSPS) is 13.5. The van der Waals surface area contributed by atoms with Crippen LogP contribution in [0.15, 0.2) is 47.2 Å². The zero-order chi connectivity index (χ0) is 16.8. The van der Waals surface area contributed by atoms with Crippen molar-refractivity contribution < 1.29 is 18.8 Å². The number of aromatic nitrogens is 1. The average molecular weight is 329 g/mol. The lowest BCUT2D eigenvalue weighted by Gasteiger charge is -2.21. The molecule has 1 aliphatic rings. The molecule has 24 heavy (non-hydrogen) atoms. The molecule has 1 aliphatic carbocycles. The van der Waals surface area contributed by atoms with Crippen LogP contribution >= 0.6 is 0 Å². The highest BCUT2D eigenvalue weighted by Crippen LogP contribution is 2.26. The summed E-state index contributed by atoms with van der Waals surface area (Å²) in [6.45, 7) is 0.323. The van der Waals surface area contributed by atoms with Crippen LogP contribution in [0.25, 0.3) is 0 Å². The molecule has 1 fully saturated rings. The van der Waals surface area contributed by atoms with Gasteiger partial charge in [0.1, 0.15) is 19.4 Å². The van der Waals surface area contributed by atoms with E-state index < -0.39 is 0 Å². The summed E-state index contributed by atoms with van der Waals surface area (Å²) in [5.41, 5.74) is 1.01. The van der Waals surface area contributed by atoms with Crippen molar-refractivity contribution in [2.75, 3.05) is 18.5 Å². The second kappa shape index (κ2) is 7.74. The van der Waals surface area contributed by atoms with Crippen LogP contribution in [0.5, 0.6) is 0 Å². The SMILES string of the molecule is O=C(CN(C(=O)COCc1ccccc1)C1CC1)Nc1ccon1. The highest BCUT2D eigenvalue weighted by atomic mass is 16.5. The van der Waals surface area contributed by atoms with Gasteiger partial charge >= 0.3 is 0 Å². The Morgan fingerprint density at radius 3 is 2.71 bits per heavy atom. The average Bonchev–Trinajstić information content (AvgIpc) is 3.30. The molecule has 2 aromatic rings. The first-order chi connectivity index (χ1) is 11.7. The number of anilines is 1. The van der Waals surface area contributed by atoms with Crippen LogP contribution in [0.3, 0.4) is 0 Å². The van der Waals surface area contributed by atoms with Gasteiger partial charge in [0.05, 0.1) is 6.61 Å². The van der Waals surface area contributed by atoms with E-state index in [1.54, 1.807) is 11.0 Å². The number of hydrogen-bond acceptors (Lipinski definition) is 5. The molecule has 0 aliphatic heterocycles. The summed E-state index contributed by atoms with van der Waals surface area (Å²) in [5.74, 6) is -0.139. The van der Waals surface area contributed by atoms with Crippen molar-refractivity contribution in [2.24, 2.45) is 0 Å². The molecule has 0 spiro atoms. The van der Waals surface area contributed by atoms with E-state index in [1.807, 2.05) is 30.3 Å². The highest BCUT2D eigenvalue weighted by molar-refractivity contribution is 5.94. The Kier molecular flexibility index (Phi) is 5.22. The number of benzene rings is 1. The van der Waals surface area contributed by atoms with Crippen LogP contribution in [0.4, 0.5) is 5.82 Å². The molecule has 1 aromatic carbocycles. The van der Waals surface area contributed by atoms with Gasteiger partial charge in [0.15, 0.2) is 5.82 Å². The molecule has 7 heteroatoms. The fraction of sp³-hybridized carbons (Fsp3) is 0.353. The fourth-order valence-electron chi connectivity index (χ4n) is 2.33. The van der Waals surface area contributed by atoms with E-state index in [2.05, 4.69) is 15.0 Å². The molecule has 1 saturated carbocycles. The van der Waals surface area contributed by atoms with Gasteiger partial charge in [0.2, 0.25) is 11.8 Å². The standard InChI is InChI=1S/C17H19N3O4/c21-16(18-15-8-9-24-19-15)10-20(14-6-7-14)17(22)12-23-11-13-4-2-1-3-5-13/h1-5,8-9,14H,6-7,10-12H2,(H,18,19,21). The van der Waals surface area contributed by atoms with Gasteiger partial charge in [-0.15, -0.1) is 0 Å². The van der Waals surface area contributed by atoms with Crippen molar-refractivity contribution in [3.05, 3.63) is 48.2 Å². The van der Waals surface area contributed by atoms with Crippen molar-refractivity contribution in [1.29, 1.82) is 0 Å². The van der Waals surface area contributed by atoms with Gasteiger partial charge in [0.25, 0.3) is 0 Å². The maximum Gasteiger partial charge on any atom is 0.249 e. The maximum atomic E-state index is 12.3. The molecule has 1 aromatic heterocycles. The van der Waals surface area contributed by atoms with Crippen molar-refractivity contribution >= 4 is 17.6 Å². The number of ether oxygens (including phenoxy) is 1. The zero-order valence-electron chi connectivity index (χ0n) is 13.2. The molecular weight excluding hydrogens is 310 g/mol. The number of nitrogens with one attached hydrogen (secondary N) is 1. The molecule has 2 amide bonds. The summed E-state index contributed by atoms with van der Waals surface area (Å²) in [4.78, 5) is 25.9. The number of nitrogens with zero attached hydrogens (tertiary/aromatic N) is 2. The molecule has 0 atom stereocenters. The monoisotopic (exact) mass is 329 g/mol. The van der Waals surface area contributed by atoms with Gasteiger partial charge in [0, 0.05) is 12.1 Å². The third kappa shape index (κ3) is 4.66. The van der Waals surface area contributed by atoms with Gasteiger partial charge in [-0.2, -0.15) is 0 Å². The van der Waals surface area contributed by atoms with E-state index >= 15 is 0 Å². The van der Waals surface area contributed by atoms with E-state index in [-0.39, 0.29) is 31.0 Å². The summed E-state index contributed by atoms with van der Waals surface area (Å²) in [6, 6.07) is 11.3. The second-order valence-corrected chi connectivity index (χ2v) is 5.66. The van der Waals surface area contributed by atoms with Crippen LogP contribution in [-0.4, -0.2) is 41.1 Å². The summed E-state index contributed by atoms with van der Waals surface area (Å²) in [6.07, 6.45) is 3.21. The Morgan fingerprint density at radius 1 is 1.25 bits per heavy atom. The molecule has 0 bridgehead atoms. The molecule has 3 rings (SSSR count). The minimum atomic E-state index is -0.299. The molecule has 7 nitrogen and oxygen atoms in total. The van der Waals surface area contributed by atoms with Crippen LogP contribution in [0.1, 0.15) is 18.4 Å². The molecule has 126 valence electrons. The summed E-state index contributed by atoms with van der Waals surface area (Å²) in [7, 11) is 0. The van der Waals surface area contributed by atoms with Gasteiger partial charge in [-0.3, -0.25) is 9.59 Å². The third-order valence-electron chi connectivity index (χ3n) is 3.66. The Hall–Kier alpha value is -2.67. The second-order valence-electron chi connectivity index (χ2n) is 5.66. The van der Waals surface area contributed by atoms with Crippen LogP contribution in [0, 0.1) is 0 Å². The lowest BCUT2D eigenvalue weighted by atomic mass is 10.2. The molecule has 0 saturated heterocycles. The van der Waals surface area contributed by atoms with E-state index in [4.69, 9.17) is 4.74 Å². The lowest BCUT2D eigenvalue weighted by Crippen LogP contribution is -2.41. The summed E-state index contributed by atoms with van der Waals surface area (Å²) >= 11 is 0. The van der Waals surface area contributed by atoms with Crippen molar-refractivity contribution in [1.82, 2.24) is 10.1 Å². The zero-order valence-corrected chi connectivity index (χ0v) is 13.2. The lowest BCUT2D eigenvalue weighted by molar-refractivity contribution is -0.139. The Balaban J connectivity index is 1.47. The smallest absolute Gasteiger partial charge is 0.249 e. The minimum absolute atomic E-state index is 0.00887. The van der Waals surface area contributed by atoms with Gasteiger partial charge < -0.3 is 19.5 Å². The van der Waals surface area contributed by atoms with E-state index in [0.717, 1.165) is 18.4 Å². The minimum Gasteiger partial charge on any atom is -0.367 e. The number of amides is 2. The van der Waals surface area contributed by atoms with Crippen molar-refractivity contribution in [2.45, 2.75) is 25.5 Å². The largest absolute Gasteiger partial charge is 0.367 e. The number of carbonyl (C=O) groups excluding carboxylic acids is 2. The Morgan fingerprint density at radius 2 is 2.04 bits per heavy atom. The van der Waals surface area contributed by atoms with Gasteiger partial charge in [-0.05, 0) is 18.4 Å². The number of hydrogen-bond donors (Lipinski definition) is 1. The number of carbonyl (C=O) groups is 2. The van der Waals surface area contributed by atoms with E-state index in [0.29, 0.717) is 12.4 Å². The molecular formula is C17H19N3O4. The quantitative estimate of drug-likeness (QED) is 0.798. The van der Waals surface area contributed by atoms with Crippen LogP contribution < -0.4 is 5.32 Å². The Labute approximate surface area is 139 Å². The maximum absolute atomic E-state index is 12.3. The fourth-order valence-corrected chi connectivity index (χ4v) is 2.33. The first kappa shape index (κ1) is 16.2. The van der Waals surface area contributed by atoms with Gasteiger partial charge in [-0.1, -0.05) is 35.5 Å². The van der Waals surface area contributed by atoms with Crippen LogP contribution in [-0.2, 0) is 20.9 Å². The van der Waals surface area contributed by atoms with Crippen molar-refractivity contribution in [3.63, 3.8) is 0 Å². The summed E-state index contributed by atoms with van der Waals surface area (Å²) < 4.78 is 10.1. The van der Waals surface area contributed by atoms with E-state index in [1.165, 1.54) is 6.26 Å². The first-order valence-corrected chi connectivity index (χ1v) is 7.84. The third-order valence-corrected chi connectivity index (χ3v) is 3.66. The van der Waals surface area contributed by atoms with E-state index in [9.17, 15) is 9.59 Å². The molecule has 0 radical (unpaired) electrons. The predicted octanol–water partition coefficient (Wildman–Crippen LogP) is 1.82. The topological polar surface area (TPSA) is 84.7 Å². The van der Waals surface area contributed by atoms with Gasteiger partial charge in [-0.25, -0.2) is 0 Å². The number of rotatable bonds is 8. The highest BCUT2D eigenvalue weighted by Gasteiger charge is 2.33. The molecule has 1 N–H and O–H groups in total.